The molecule has 2 heteroatoms. The fourth-order valence-electron chi connectivity index (χ4n) is 14.8. The summed E-state index contributed by atoms with van der Waals surface area (Å²) in [5.41, 5.74) is 23.6. The highest BCUT2D eigenvalue weighted by molar-refractivity contribution is 6.14. The molecule has 13 aromatic carbocycles. The van der Waals surface area contributed by atoms with Crippen molar-refractivity contribution in [1.82, 2.24) is 4.57 Å². The van der Waals surface area contributed by atoms with Gasteiger partial charge in [0.05, 0.1) is 33.2 Å². The highest BCUT2D eigenvalue weighted by Crippen LogP contribution is 2.63. The SMILES string of the molecule is c1ccc(C2(c3ccccc3)c3ccccc3-c3c2cc(N(c2ccc(-c4cccc5ccccc45)cc2)c2ccc4c(c2)C2(c5ccccc5-4)c4ccccc4-n4c5ccccc5c5cccc2c54)c2ccccc32)cc1. The van der Waals surface area contributed by atoms with Crippen molar-refractivity contribution in [2.75, 3.05) is 4.90 Å². The molecule has 1 atom stereocenters. The lowest BCUT2D eigenvalue weighted by atomic mass is 9.65. The van der Waals surface area contributed by atoms with Crippen LogP contribution in [0.5, 0.6) is 0 Å². The minimum Gasteiger partial charge on any atom is -0.310 e. The van der Waals surface area contributed by atoms with Crippen molar-refractivity contribution in [2.24, 2.45) is 0 Å². The van der Waals surface area contributed by atoms with Crippen molar-refractivity contribution < 1.29 is 0 Å². The van der Waals surface area contributed by atoms with Crippen LogP contribution in [0.2, 0.25) is 0 Å². The van der Waals surface area contributed by atoms with Gasteiger partial charge in [0.2, 0.25) is 0 Å². The monoisotopic (exact) mass is 988 g/mol. The first-order valence-corrected chi connectivity index (χ1v) is 27.3. The van der Waals surface area contributed by atoms with Crippen LogP contribution >= 0.6 is 0 Å². The van der Waals surface area contributed by atoms with Gasteiger partial charge >= 0.3 is 0 Å². The Hall–Kier alpha value is -10.0. The summed E-state index contributed by atoms with van der Waals surface area (Å²) in [6, 6.07) is 110. The third-order valence-electron chi connectivity index (χ3n) is 17.8. The van der Waals surface area contributed by atoms with Crippen molar-refractivity contribution in [1.29, 1.82) is 0 Å². The third-order valence-corrected chi connectivity index (χ3v) is 17.8. The lowest BCUT2D eigenvalue weighted by Crippen LogP contribution is -2.33. The highest BCUT2D eigenvalue weighted by atomic mass is 15.1. The first-order chi connectivity index (χ1) is 38.7. The first kappa shape index (κ1) is 43.2. The zero-order chi connectivity index (χ0) is 51.1. The maximum absolute atomic E-state index is 2.57. The van der Waals surface area contributed by atoms with Crippen LogP contribution < -0.4 is 4.90 Å². The molecule has 1 aliphatic heterocycles. The van der Waals surface area contributed by atoms with Crippen LogP contribution in [-0.2, 0) is 10.8 Å². The summed E-state index contributed by atoms with van der Waals surface area (Å²) in [6.07, 6.45) is 0. The number of para-hydroxylation sites is 3. The quantitative estimate of drug-likeness (QED) is 0.161. The Kier molecular flexibility index (Phi) is 9.01. The van der Waals surface area contributed by atoms with E-state index in [0.717, 1.165) is 17.1 Å². The number of benzene rings is 13. The van der Waals surface area contributed by atoms with Gasteiger partial charge in [-0.2, -0.15) is 0 Å². The smallest absolute Gasteiger partial charge is 0.0755 e. The fraction of sp³-hybridized carbons (Fsp3) is 0.0263. The summed E-state index contributed by atoms with van der Waals surface area (Å²) in [7, 11) is 0. The average molecular weight is 989 g/mol. The van der Waals surface area contributed by atoms with Crippen LogP contribution in [0.4, 0.5) is 17.1 Å². The molecule has 0 saturated carbocycles. The Balaban J connectivity index is 0.981. The standard InChI is InChI=1S/C76H48N2/c1-3-23-51(24-4-1)75(52-25-5-2-6-26-52)65-36-15-12-32-63(65)73-61-31-10-9-29-59(61)72(48-69(73)75)77(53-43-41-50(42-44-53)56-33-19-22-49-21-7-8-27-55(49)56)54-45-46-58-57-28-11-14-35-64(57)76(68(58)47-54)66-37-16-18-40-71(66)78-70-39-17-13-30-60(70)62-34-20-38-67(76)74(62)78/h1-48H. The van der Waals surface area contributed by atoms with Crippen molar-refractivity contribution >= 4 is 60.4 Å². The van der Waals surface area contributed by atoms with Crippen molar-refractivity contribution in [3.8, 4) is 39.1 Å². The molecule has 3 aliphatic rings. The van der Waals surface area contributed by atoms with Crippen molar-refractivity contribution in [3.63, 3.8) is 0 Å². The largest absolute Gasteiger partial charge is 0.310 e. The second kappa shape index (κ2) is 16.2. The van der Waals surface area contributed by atoms with E-state index in [1.165, 1.54) is 127 Å². The van der Waals surface area contributed by atoms with E-state index in [2.05, 4.69) is 301 Å². The molecule has 0 radical (unpaired) electrons. The molecular formula is C76H48N2. The summed E-state index contributed by atoms with van der Waals surface area (Å²) < 4.78 is 2.54. The topological polar surface area (TPSA) is 8.17 Å². The Morgan fingerprint density at radius 3 is 1.62 bits per heavy atom. The molecule has 17 rings (SSSR count). The Bertz CT molecular complexity index is 4750. The molecule has 0 amide bonds. The van der Waals surface area contributed by atoms with Crippen LogP contribution in [-0.4, -0.2) is 4.57 Å². The molecule has 0 N–H and O–H groups in total. The Morgan fingerprint density at radius 2 is 0.833 bits per heavy atom. The zero-order valence-corrected chi connectivity index (χ0v) is 42.6. The highest BCUT2D eigenvalue weighted by Gasteiger charge is 2.52. The van der Waals surface area contributed by atoms with Crippen LogP contribution in [0, 0.1) is 0 Å². The minimum atomic E-state index is -0.621. The summed E-state index contributed by atoms with van der Waals surface area (Å²) in [5.74, 6) is 0. The number of hydrogen-bond donors (Lipinski definition) is 0. The molecule has 14 aromatic rings. The van der Waals surface area contributed by atoms with Crippen LogP contribution in [0.15, 0.2) is 291 Å². The van der Waals surface area contributed by atoms with E-state index in [4.69, 9.17) is 0 Å². The lowest BCUT2D eigenvalue weighted by Gasteiger charge is -2.40. The Labute approximate surface area is 453 Å². The van der Waals surface area contributed by atoms with Gasteiger partial charge in [0.1, 0.15) is 0 Å². The number of rotatable bonds is 6. The molecule has 78 heavy (non-hydrogen) atoms. The van der Waals surface area contributed by atoms with Crippen LogP contribution in [0.3, 0.4) is 0 Å². The lowest BCUT2D eigenvalue weighted by molar-refractivity contribution is 0.748. The summed E-state index contributed by atoms with van der Waals surface area (Å²) in [5, 5.41) is 7.45. The minimum absolute atomic E-state index is 0.607. The van der Waals surface area contributed by atoms with Gasteiger partial charge in [0.25, 0.3) is 0 Å². The molecular weight excluding hydrogens is 941 g/mol. The summed E-state index contributed by atoms with van der Waals surface area (Å²) in [4.78, 5) is 2.57. The number of anilines is 3. The predicted octanol–water partition coefficient (Wildman–Crippen LogP) is 19.3. The molecule has 1 unspecified atom stereocenters. The number of fused-ring (bicyclic) bond motifs is 18. The van der Waals surface area contributed by atoms with E-state index in [0.29, 0.717) is 0 Å². The van der Waals surface area contributed by atoms with Crippen LogP contribution in [0.1, 0.15) is 44.5 Å². The van der Waals surface area contributed by atoms with Gasteiger partial charge in [-0.25, -0.2) is 0 Å². The first-order valence-electron chi connectivity index (χ1n) is 27.3. The zero-order valence-electron chi connectivity index (χ0n) is 42.6. The molecule has 2 aliphatic carbocycles. The van der Waals surface area contributed by atoms with Crippen LogP contribution in [0.25, 0.3) is 82.4 Å². The van der Waals surface area contributed by atoms with Crippen molar-refractivity contribution in [2.45, 2.75) is 10.8 Å². The Morgan fingerprint density at radius 1 is 0.295 bits per heavy atom. The van der Waals surface area contributed by atoms with E-state index >= 15 is 0 Å². The molecule has 2 nitrogen and oxygen atoms in total. The molecule has 2 heterocycles. The number of hydrogen-bond acceptors (Lipinski definition) is 1. The normalized spacial score (nSPS) is 15.1. The predicted molar refractivity (Wildman–Crippen MR) is 324 cm³/mol. The molecule has 1 spiro atoms. The average Bonchev–Trinajstić information content (AvgIpc) is 3.25. The van der Waals surface area contributed by atoms with Gasteiger partial charge in [0, 0.05) is 27.5 Å². The maximum atomic E-state index is 2.57. The van der Waals surface area contributed by atoms with E-state index in [-0.39, 0.29) is 0 Å². The van der Waals surface area contributed by atoms with Gasteiger partial charge < -0.3 is 9.47 Å². The molecule has 0 bridgehead atoms. The molecule has 362 valence electrons. The molecule has 0 fully saturated rings. The van der Waals surface area contributed by atoms with Crippen molar-refractivity contribution in [3.05, 3.63) is 336 Å². The third kappa shape index (κ3) is 5.60. The second-order valence-electron chi connectivity index (χ2n) is 21.4. The summed E-state index contributed by atoms with van der Waals surface area (Å²) in [6.45, 7) is 0. The van der Waals surface area contributed by atoms with E-state index in [9.17, 15) is 0 Å². The summed E-state index contributed by atoms with van der Waals surface area (Å²) >= 11 is 0. The number of aromatic nitrogens is 1. The van der Waals surface area contributed by atoms with E-state index in [1.54, 1.807) is 0 Å². The number of nitrogens with zero attached hydrogens (tertiary/aromatic N) is 2. The molecule has 1 aromatic heterocycles. The van der Waals surface area contributed by atoms with Gasteiger partial charge in [-0.3, -0.25) is 0 Å². The van der Waals surface area contributed by atoms with E-state index < -0.39 is 10.8 Å². The van der Waals surface area contributed by atoms with Gasteiger partial charge in [0.15, 0.2) is 0 Å². The maximum Gasteiger partial charge on any atom is 0.0755 e. The van der Waals surface area contributed by atoms with Gasteiger partial charge in [-0.05, 0) is 137 Å². The fourth-order valence-corrected chi connectivity index (χ4v) is 14.8. The second-order valence-corrected chi connectivity index (χ2v) is 21.4. The molecule has 0 saturated heterocycles. The van der Waals surface area contributed by atoms with Gasteiger partial charge in [-0.15, -0.1) is 0 Å². The van der Waals surface area contributed by atoms with E-state index in [1.807, 2.05) is 0 Å². The van der Waals surface area contributed by atoms with Gasteiger partial charge in [-0.1, -0.05) is 249 Å².